The molecule has 3 amide bonds. The molecule has 1 saturated carbocycles. The molecule has 0 bridgehead atoms. The molecule has 6 heteroatoms. The molecule has 0 aromatic heterocycles. The molecule has 0 aliphatic heterocycles. The van der Waals surface area contributed by atoms with Crippen molar-refractivity contribution < 1.29 is 19.5 Å². The number of imide groups is 1. The monoisotopic (exact) mass is 298 g/mol. The first-order chi connectivity index (χ1) is 9.97. The number of carbonyl (C=O) groups is 3. The number of carbonyl (C=O) groups excluding carboxylic acids is 2. The molecule has 0 spiro atoms. The lowest BCUT2D eigenvalue weighted by atomic mass is 10.0. The van der Waals surface area contributed by atoms with Gasteiger partial charge in [0.1, 0.15) is 0 Å². The van der Waals surface area contributed by atoms with Crippen LogP contribution in [0.25, 0.3) is 0 Å². The Labute approximate surface area is 125 Å². The molecule has 0 aromatic carbocycles. The Morgan fingerprint density at radius 2 is 1.76 bits per heavy atom. The summed E-state index contributed by atoms with van der Waals surface area (Å²) in [5.74, 6) is -0.508. The van der Waals surface area contributed by atoms with Crippen LogP contribution in [0.4, 0.5) is 4.79 Å². The summed E-state index contributed by atoms with van der Waals surface area (Å²) < 4.78 is 0. The van der Waals surface area contributed by atoms with Gasteiger partial charge < -0.3 is 10.4 Å². The van der Waals surface area contributed by atoms with Crippen LogP contribution >= 0.6 is 0 Å². The van der Waals surface area contributed by atoms with E-state index < -0.39 is 12.0 Å². The number of amides is 3. The highest BCUT2D eigenvalue weighted by Crippen LogP contribution is 2.22. The molecule has 2 unspecified atom stereocenters. The molecule has 0 aromatic rings. The van der Waals surface area contributed by atoms with Crippen LogP contribution in [0.1, 0.15) is 64.7 Å². The number of hydrogen-bond acceptors (Lipinski definition) is 3. The molecule has 1 aliphatic carbocycles. The Bertz CT molecular complexity index is 371. The van der Waals surface area contributed by atoms with Crippen molar-refractivity contribution in [1.82, 2.24) is 10.6 Å². The summed E-state index contributed by atoms with van der Waals surface area (Å²) in [6, 6.07) is -0.285. The third-order valence-corrected chi connectivity index (χ3v) is 3.89. The van der Waals surface area contributed by atoms with Crippen molar-refractivity contribution in [3.05, 3.63) is 0 Å². The molecule has 1 aliphatic rings. The van der Waals surface area contributed by atoms with Gasteiger partial charge in [-0.25, -0.2) is 4.79 Å². The first-order valence-electron chi connectivity index (χ1n) is 7.79. The van der Waals surface area contributed by atoms with Crippen LogP contribution in [0, 0.1) is 5.92 Å². The highest BCUT2D eigenvalue weighted by atomic mass is 16.4. The Kier molecular flexibility index (Phi) is 7.79. The van der Waals surface area contributed by atoms with E-state index >= 15 is 0 Å². The van der Waals surface area contributed by atoms with Gasteiger partial charge in [0.15, 0.2) is 0 Å². The second kappa shape index (κ2) is 9.37. The number of urea groups is 1. The average Bonchev–Trinajstić information content (AvgIpc) is 2.59. The summed E-state index contributed by atoms with van der Waals surface area (Å²) in [5.41, 5.74) is 0. The van der Waals surface area contributed by atoms with Gasteiger partial charge in [0.25, 0.3) is 0 Å². The zero-order valence-corrected chi connectivity index (χ0v) is 12.7. The first kappa shape index (κ1) is 17.5. The molecule has 3 N–H and O–H groups in total. The Hall–Kier alpha value is -1.59. The molecule has 21 heavy (non-hydrogen) atoms. The van der Waals surface area contributed by atoms with Crippen LogP contribution in [-0.4, -0.2) is 29.1 Å². The lowest BCUT2D eigenvalue weighted by Gasteiger charge is -2.16. The fourth-order valence-corrected chi connectivity index (χ4v) is 2.60. The number of nitrogens with one attached hydrogen (secondary N) is 2. The average molecular weight is 298 g/mol. The largest absolute Gasteiger partial charge is 0.481 e. The Balaban J connectivity index is 2.17. The molecule has 6 nitrogen and oxygen atoms in total. The van der Waals surface area contributed by atoms with Crippen molar-refractivity contribution in [2.75, 3.05) is 0 Å². The number of rotatable bonds is 6. The van der Waals surface area contributed by atoms with Crippen molar-refractivity contribution in [2.45, 2.75) is 70.8 Å². The number of unbranched alkanes of at least 4 members (excludes halogenated alkanes) is 1. The maximum Gasteiger partial charge on any atom is 0.321 e. The minimum absolute atomic E-state index is 0.0553. The van der Waals surface area contributed by atoms with Crippen LogP contribution in [-0.2, 0) is 9.59 Å². The lowest BCUT2D eigenvalue weighted by molar-refractivity contribution is -0.137. The fourth-order valence-electron chi connectivity index (χ4n) is 2.60. The Morgan fingerprint density at radius 3 is 2.48 bits per heavy atom. The third-order valence-electron chi connectivity index (χ3n) is 3.89. The minimum Gasteiger partial charge on any atom is -0.481 e. The van der Waals surface area contributed by atoms with E-state index in [-0.39, 0.29) is 24.8 Å². The summed E-state index contributed by atoms with van der Waals surface area (Å²) in [6.07, 6.45) is 6.50. The van der Waals surface area contributed by atoms with Gasteiger partial charge in [-0.3, -0.25) is 14.9 Å². The van der Waals surface area contributed by atoms with Crippen LogP contribution in [0.15, 0.2) is 0 Å². The fraction of sp³-hybridized carbons (Fsp3) is 0.800. The van der Waals surface area contributed by atoms with Crippen LogP contribution < -0.4 is 10.6 Å². The highest BCUT2D eigenvalue weighted by molar-refractivity contribution is 5.94. The quantitative estimate of drug-likeness (QED) is 0.518. The molecular formula is C15H26N2O4. The SMILES string of the molecule is CC1CCCC(NC(=O)NC(=O)CCCCC(=O)O)CC1. The van der Waals surface area contributed by atoms with Crippen molar-refractivity contribution in [1.29, 1.82) is 0 Å². The lowest BCUT2D eigenvalue weighted by Crippen LogP contribution is -2.44. The van der Waals surface area contributed by atoms with Crippen molar-refractivity contribution >= 4 is 17.9 Å². The summed E-state index contributed by atoms with van der Waals surface area (Å²) in [7, 11) is 0. The second-order valence-electron chi connectivity index (χ2n) is 5.93. The zero-order valence-electron chi connectivity index (χ0n) is 12.7. The van der Waals surface area contributed by atoms with Gasteiger partial charge in [0, 0.05) is 18.9 Å². The summed E-state index contributed by atoms with van der Waals surface area (Å²) >= 11 is 0. The van der Waals surface area contributed by atoms with Gasteiger partial charge in [-0.05, 0) is 38.0 Å². The Morgan fingerprint density at radius 1 is 1.05 bits per heavy atom. The van der Waals surface area contributed by atoms with E-state index in [0.29, 0.717) is 18.8 Å². The molecular weight excluding hydrogens is 272 g/mol. The number of hydrogen-bond donors (Lipinski definition) is 3. The van der Waals surface area contributed by atoms with Crippen molar-refractivity contribution in [3.63, 3.8) is 0 Å². The van der Waals surface area contributed by atoms with Crippen LogP contribution in [0.5, 0.6) is 0 Å². The van der Waals surface area contributed by atoms with E-state index in [9.17, 15) is 14.4 Å². The number of aliphatic carboxylic acids is 1. The first-order valence-corrected chi connectivity index (χ1v) is 7.79. The van der Waals surface area contributed by atoms with Crippen LogP contribution in [0.2, 0.25) is 0 Å². The predicted molar refractivity (Wildman–Crippen MR) is 78.8 cm³/mol. The zero-order chi connectivity index (χ0) is 15.7. The molecule has 2 atom stereocenters. The van der Waals surface area contributed by atoms with E-state index in [1.165, 1.54) is 6.42 Å². The summed E-state index contributed by atoms with van der Waals surface area (Å²) in [5, 5.41) is 13.6. The van der Waals surface area contributed by atoms with Crippen molar-refractivity contribution in [3.8, 4) is 0 Å². The molecule has 120 valence electrons. The third kappa shape index (κ3) is 8.32. The van der Waals surface area contributed by atoms with Gasteiger partial charge >= 0.3 is 12.0 Å². The van der Waals surface area contributed by atoms with E-state index in [2.05, 4.69) is 17.6 Å². The molecule has 1 fully saturated rings. The molecule has 0 radical (unpaired) electrons. The smallest absolute Gasteiger partial charge is 0.321 e. The van der Waals surface area contributed by atoms with Gasteiger partial charge in [0.2, 0.25) is 5.91 Å². The summed E-state index contributed by atoms with van der Waals surface area (Å²) in [6.45, 7) is 2.23. The molecule has 0 saturated heterocycles. The van der Waals surface area contributed by atoms with E-state index in [0.717, 1.165) is 25.7 Å². The van der Waals surface area contributed by atoms with Crippen molar-refractivity contribution in [2.24, 2.45) is 5.92 Å². The van der Waals surface area contributed by atoms with Gasteiger partial charge in [-0.2, -0.15) is 0 Å². The molecule has 0 heterocycles. The maximum atomic E-state index is 11.7. The van der Waals surface area contributed by atoms with Crippen LogP contribution in [0.3, 0.4) is 0 Å². The van der Waals surface area contributed by atoms with E-state index in [4.69, 9.17) is 5.11 Å². The van der Waals surface area contributed by atoms with Gasteiger partial charge in [-0.1, -0.05) is 19.8 Å². The predicted octanol–water partition coefficient (Wildman–Crippen LogP) is 2.43. The normalized spacial score (nSPS) is 22.1. The minimum atomic E-state index is -0.865. The van der Waals surface area contributed by atoms with Gasteiger partial charge in [0.05, 0.1) is 0 Å². The van der Waals surface area contributed by atoms with Gasteiger partial charge in [-0.15, -0.1) is 0 Å². The highest BCUT2D eigenvalue weighted by Gasteiger charge is 2.18. The second-order valence-corrected chi connectivity index (χ2v) is 5.93. The number of carboxylic acids is 1. The summed E-state index contributed by atoms with van der Waals surface area (Å²) in [4.78, 5) is 33.6. The van der Waals surface area contributed by atoms with E-state index in [1.807, 2.05) is 0 Å². The van der Waals surface area contributed by atoms with E-state index in [1.54, 1.807) is 0 Å². The number of carboxylic acid groups (broad SMARTS) is 1. The molecule has 1 rings (SSSR count). The standard InChI is InChI=1S/C15H26N2O4/c1-11-5-4-6-12(10-9-11)16-15(21)17-13(18)7-2-3-8-14(19)20/h11-12H,2-10H2,1H3,(H,19,20)(H2,16,17,18,21). The maximum absolute atomic E-state index is 11.7. The topological polar surface area (TPSA) is 95.5 Å².